The molecule has 0 saturated heterocycles. The van der Waals surface area contributed by atoms with Crippen molar-refractivity contribution in [2.75, 3.05) is 13.2 Å². The fourth-order valence-corrected chi connectivity index (χ4v) is 4.50. The lowest BCUT2D eigenvalue weighted by Gasteiger charge is -2.19. The molecule has 0 aliphatic heterocycles. The summed E-state index contributed by atoms with van der Waals surface area (Å²) < 4.78 is 5.47. The second-order valence-electron chi connectivity index (χ2n) is 8.59. The number of carbonyl (C=O) groups is 3. The minimum Gasteiger partial charge on any atom is -0.481 e. The van der Waals surface area contributed by atoms with E-state index in [9.17, 15) is 19.5 Å². The van der Waals surface area contributed by atoms with Gasteiger partial charge in [-0.2, -0.15) is 0 Å². The predicted molar refractivity (Wildman–Crippen MR) is 132 cm³/mol. The Hall–Kier alpha value is -4.13. The van der Waals surface area contributed by atoms with Crippen molar-refractivity contribution in [3.05, 3.63) is 95.1 Å². The third-order valence-electron chi connectivity index (χ3n) is 6.29. The van der Waals surface area contributed by atoms with Gasteiger partial charge in [-0.1, -0.05) is 72.8 Å². The van der Waals surface area contributed by atoms with Crippen molar-refractivity contribution < 1.29 is 24.2 Å². The van der Waals surface area contributed by atoms with E-state index in [1.807, 2.05) is 79.7 Å². The summed E-state index contributed by atoms with van der Waals surface area (Å²) >= 11 is 0. The predicted octanol–water partition coefficient (Wildman–Crippen LogP) is 4.04. The van der Waals surface area contributed by atoms with Crippen LogP contribution in [0.25, 0.3) is 11.1 Å². The lowest BCUT2D eigenvalue weighted by molar-refractivity contribution is -0.139. The van der Waals surface area contributed by atoms with E-state index in [4.69, 9.17) is 4.74 Å². The molecule has 180 valence electrons. The van der Waals surface area contributed by atoms with E-state index in [2.05, 4.69) is 10.6 Å². The molecule has 1 aliphatic carbocycles. The van der Waals surface area contributed by atoms with E-state index in [1.54, 1.807) is 0 Å². The standard InChI is InChI=1S/C28H28N2O5/c1-18-8-2-3-9-19(18)14-15-29-27(33)25(16-26(31)32)30-28(34)35-17-24-22-12-6-4-10-20(22)21-11-5-7-13-23(21)24/h2-13,24-25H,14-17H2,1H3,(H,29,33)(H,30,34)(H,31,32). The summed E-state index contributed by atoms with van der Waals surface area (Å²) in [6, 6.07) is 22.5. The Kier molecular flexibility index (Phi) is 7.45. The summed E-state index contributed by atoms with van der Waals surface area (Å²) in [5.41, 5.74) is 6.55. The van der Waals surface area contributed by atoms with Gasteiger partial charge in [0.05, 0.1) is 6.42 Å². The molecule has 0 saturated carbocycles. The first-order valence-electron chi connectivity index (χ1n) is 11.6. The first-order valence-corrected chi connectivity index (χ1v) is 11.6. The number of carbonyl (C=O) groups excluding carboxylic acids is 2. The number of carboxylic acids is 1. The van der Waals surface area contributed by atoms with E-state index >= 15 is 0 Å². The van der Waals surface area contributed by atoms with Gasteiger partial charge in [-0.3, -0.25) is 9.59 Å². The Bertz CT molecular complexity index is 1190. The van der Waals surface area contributed by atoms with Crippen LogP contribution in [0.3, 0.4) is 0 Å². The number of ether oxygens (including phenoxy) is 1. The van der Waals surface area contributed by atoms with Crippen LogP contribution in [0.1, 0.15) is 34.6 Å². The molecular formula is C28H28N2O5. The lowest BCUT2D eigenvalue weighted by atomic mass is 9.98. The number of benzene rings is 3. The van der Waals surface area contributed by atoms with Crippen LogP contribution in [0.2, 0.25) is 0 Å². The molecule has 0 bridgehead atoms. The molecule has 3 N–H and O–H groups in total. The van der Waals surface area contributed by atoms with Gasteiger partial charge >= 0.3 is 12.1 Å². The Morgan fingerprint density at radius 1 is 0.914 bits per heavy atom. The van der Waals surface area contributed by atoms with Crippen molar-refractivity contribution in [3.8, 4) is 11.1 Å². The van der Waals surface area contributed by atoms with Crippen molar-refractivity contribution >= 4 is 18.0 Å². The van der Waals surface area contributed by atoms with Gasteiger partial charge in [0.15, 0.2) is 0 Å². The number of hydrogen-bond donors (Lipinski definition) is 3. The molecule has 1 atom stereocenters. The molecule has 1 aliphatic rings. The molecule has 4 rings (SSSR count). The number of carboxylic acid groups (broad SMARTS) is 1. The zero-order chi connectivity index (χ0) is 24.8. The van der Waals surface area contributed by atoms with E-state index < -0.39 is 30.4 Å². The largest absolute Gasteiger partial charge is 0.481 e. The monoisotopic (exact) mass is 472 g/mol. The number of alkyl carbamates (subject to hydrolysis) is 1. The average molecular weight is 473 g/mol. The molecule has 7 nitrogen and oxygen atoms in total. The van der Waals surface area contributed by atoms with Crippen LogP contribution in [0.4, 0.5) is 4.79 Å². The molecule has 0 fully saturated rings. The summed E-state index contributed by atoms with van der Waals surface area (Å²) in [6.45, 7) is 2.39. The van der Waals surface area contributed by atoms with Gasteiger partial charge in [0.2, 0.25) is 5.91 Å². The van der Waals surface area contributed by atoms with E-state index in [0.717, 1.165) is 33.4 Å². The molecule has 0 heterocycles. The highest BCUT2D eigenvalue weighted by atomic mass is 16.5. The summed E-state index contributed by atoms with van der Waals surface area (Å²) in [7, 11) is 0. The van der Waals surface area contributed by atoms with Crippen LogP contribution in [-0.4, -0.2) is 42.3 Å². The van der Waals surface area contributed by atoms with Gasteiger partial charge in [-0.25, -0.2) is 4.79 Å². The van der Waals surface area contributed by atoms with E-state index in [-0.39, 0.29) is 12.5 Å². The normalized spacial score (nSPS) is 12.8. The number of rotatable bonds is 9. The Morgan fingerprint density at radius 2 is 1.51 bits per heavy atom. The fourth-order valence-electron chi connectivity index (χ4n) is 4.50. The molecule has 3 aromatic rings. The second kappa shape index (κ2) is 10.9. The van der Waals surface area contributed by atoms with Crippen LogP contribution in [0.5, 0.6) is 0 Å². The number of nitrogens with one attached hydrogen (secondary N) is 2. The first kappa shape index (κ1) is 24.0. The Balaban J connectivity index is 1.35. The second-order valence-corrected chi connectivity index (χ2v) is 8.59. The number of fused-ring (bicyclic) bond motifs is 3. The first-order chi connectivity index (χ1) is 16.9. The van der Waals surface area contributed by atoms with Crippen molar-refractivity contribution in [1.29, 1.82) is 0 Å². The zero-order valence-corrected chi connectivity index (χ0v) is 19.5. The summed E-state index contributed by atoms with van der Waals surface area (Å²) in [5.74, 6) is -1.88. The van der Waals surface area contributed by atoms with E-state index in [0.29, 0.717) is 13.0 Å². The van der Waals surface area contributed by atoms with Crippen molar-refractivity contribution in [2.45, 2.75) is 31.7 Å². The number of aryl methyl sites for hydroxylation is 1. The molecule has 35 heavy (non-hydrogen) atoms. The van der Waals surface area contributed by atoms with Crippen molar-refractivity contribution in [2.24, 2.45) is 0 Å². The number of aliphatic carboxylic acids is 1. The number of hydrogen-bond acceptors (Lipinski definition) is 4. The lowest BCUT2D eigenvalue weighted by Crippen LogP contribution is -2.48. The Morgan fingerprint density at radius 3 is 2.14 bits per heavy atom. The SMILES string of the molecule is Cc1ccccc1CCNC(=O)C(CC(=O)O)NC(=O)OCC1c2ccccc2-c2ccccc21. The molecule has 0 radical (unpaired) electrons. The Labute approximate surface area is 204 Å². The smallest absolute Gasteiger partial charge is 0.407 e. The molecule has 0 spiro atoms. The molecule has 0 aromatic heterocycles. The van der Waals surface area contributed by atoms with Gasteiger partial charge in [-0.05, 0) is 46.7 Å². The summed E-state index contributed by atoms with van der Waals surface area (Å²) in [4.78, 5) is 36.5. The van der Waals surface area contributed by atoms with Crippen LogP contribution in [0.15, 0.2) is 72.8 Å². The van der Waals surface area contributed by atoms with Gasteiger partial charge < -0.3 is 20.5 Å². The quantitative estimate of drug-likeness (QED) is 0.436. The topological polar surface area (TPSA) is 105 Å². The van der Waals surface area contributed by atoms with Crippen molar-refractivity contribution in [1.82, 2.24) is 10.6 Å². The van der Waals surface area contributed by atoms with Crippen LogP contribution in [0, 0.1) is 6.92 Å². The van der Waals surface area contributed by atoms with Crippen LogP contribution in [-0.2, 0) is 20.7 Å². The molecule has 2 amide bonds. The van der Waals surface area contributed by atoms with Crippen LogP contribution >= 0.6 is 0 Å². The third-order valence-corrected chi connectivity index (χ3v) is 6.29. The molecular weight excluding hydrogens is 444 g/mol. The maximum absolute atomic E-state index is 12.6. The van der Waals surface area contributed by atoms with Gasteiger partial charge in [0, 0.05) is 12.5 Å². The minimum absolute atomic E-state index is 0.0779. The maximum atomic E-state index is 12.6. The average Bonchev–Trinajstić information content (AvgIpc) is 3.17. The molecule has 7 heteroatoms. The fraction of sp³-hybridized carbons (Fsp3) is 0.250. The highest BCUT2D eigenvalue weighted by Crippen LogP contribution is 2.44. The number of amides is 2. The zero-order valence-electron chi connectivity index (χ0n) is 19.5. The third kappa shape index (κ3) is 5.69. The molecule has 3 aromatic carbocycles. The summed E-state index contributed by atoms with van der Waals surface area (Å²) in [5, 5.41) is 14.4. The van der Waals surface area contributed by atoms with E-state index in [1.165, 1.54) is 0 Å². The summed E-state index contributed by atoms with van der Waals surface area (Å²) in [6.07, 6.45) is -0.768. The van der Waals surface area contributed by atoms with Gasteiger partial charge in [0.25, 0.3) is 0 Å². The van der Waals surface area contributed by atoms with Gasteiger partial charge in [-0.15, -0.1) is 0 Å². The highest BCUT2D eigenvalue weighted by molar-refractivity contribution is 5.89. The molecule has 1 unspecified atom stereocenters. The maximum Gasteiger partial charge on any atom is 0.407 e. The highest BCUT2D eigenvalue weighted by Gasteiger charge is 2.30. The minimum atomic E-state index is -1.24. The van der Waals surface area contributed by atoms with Crippen molar-refractivity contribution in [3.63, 3.8) is 0 Å². The van der Waals surface area contributed by atoms with Gasteiger partial charge in [0.1, 0.15) is 12.6 Å². The van der Waals surface area contributed by atoms with Crippen LogP contribution < -0.4 is 10.6 Å².